The SMILES string of the molecule is CC[C@H](C)c1ccc2oc(-c3ccc(N=Cc4cc(Cl)ccc4O)cc3)nc2c1. The van der Waals surface area contributed by atoms with Crippen LogP contribution in [0.5, 0.6) is 5.75 Å². The normalized spacial score (nSPS) is 12.7. The first-order valence-corrected chi connectivity index (χ1v) is 9.95. The van der Waals surface area contributed by atoms with Gasteiger partial charge < -0.3 is 9.52 Å². The first kappa shape index (κ1) is 19.2. The molecule has 0 radical (unpaired) electrons. The van der Waals surface area contributed by atoms with Crippen LogP contribution in [0.3, 0.4) is 0 Å². The predicted octanol–water partition coefficient (Wildman–Crippen LogP) is 7.12. The highest BCUT2D eigenvalue weighted by Gasteiger charge is 2.11. The Morgan fingerprint density at radius 2 is 1.90 bits per heavy atom. The van der Waals surface area contributed by atoms with Crippen LogP contribution in [0.1, 0.15) is 37.3 Å². The average Bonchev–Trinajstić information content (AvgIpc) is 3.17. The van der Waals surface area contributed by atoms with Crippen molar-refractivity contribution in [1.82, 2.24) is 4.98 Å². The second-order valence-electron chi connectivity index (χ2n) is 7.06. The Hall–Kier alpha value is -3.11. The van der Waals surface area contributed by atoms with Crippen molar-refractivity contribution in [2.24, 2.45) is 4.99 Å². The summed E-state index contributed by atoms with van der Waals surface area (Å²) in [6.45, 7) is 4.39. The highest BCUT2D eigenvalue weighted by Crippen LogP contribution is 2.29. The van der Waals surface area contributed by atoms with Crippen molar-refractivity contribution in [3.8, 4) is 17.2 Å². The van der Waals surface area contributed by atoms with Gasteiger partial charge in [0.25, 0.3) is 0 Å². The fourth-order valence-corrected chi connectivity index (χ4v) is 3.25. The van der Waals surface area contributed by atoms with Crippen LogP contribution in [0.2, 0.25) is 5.02 Å². The maximum absolute atomic E-state index is 9.87. The fraction of sp³-hybridized carbons (Fsp3) is 0.167. The lowest BCUT2D eigenvalue weighted by molar-refractivity contribution is 0.474. The number of aliphatic imine (C=N–C) groups is 1. The summed E-state index contributed by atoms with van der Waals surface area (Å²) in [4.78, 5) is 9.05. The van der Waals surface area contributed by atoms with Gasteiger partial charge in [-0.2, -0.15) is 0 Å². The van der Waals surface area contributed by atoms with Gasteiger partial charge in [-0.25, -0.2) is 4.98 Å². The van der Waals surface area contributed by atoms with Gasteiger partial charge in [-0.3, -0.25) is 4.99 Å². The smallest absolute Gasteiger partial charge is 0.227 e. The van der Waals surface area contributed by atoms with E-state index in [1.165, 1.54) is 5.56 Å². The molecule has 0 bridgehead atoms. The quantitative estimate of drug-likeness (QED) is 0.360. The summed E-state index contributed by atoms with van der Waals surface area (Å²) in [5.74, 6) is 1.22. The number of hydrogen-bond donors (Lipinski definition) is 1. The molecule has 0 aliphatic carbocycles. The topological polar surface area (TPSA) is 58.6 Å². The molecule has 4 nitrogen and oxygen atoms in total. The van der Waals surface area contributed by atoms with Gasteiger partial charge in [0, 0.05) is 22.4 Å². The number of hydrogen-bond acceptors (Lipinski definition) is 4. The van der Waals surface area contributed by atoms with E-state index in [2.05, 4.69) is 36.0 Å². The molecule has 0 fully saturated rings. The summed E-state index contributed by atoms with van der Waals surface area (Å²) < 4.78 is 5.92. The Labute approximate surface area is 174 Å². The molecule has 1 N–H and O–H groups in total. The lowest BCUT2D eigenvalue weighted by Gasteiger charge is -2.07. The number of fused-ring (bicyclic) bond motifs is 1. The Kier molecular flexibility index (Phi) is 5.36. The second kappa shape index (κ2) is 8.10. The highest BCUT2D eigenvalue weighted by molar-refractivity contribution is 6.30. The molecule has 146 valence electrons. The molecule has 4 rings (SSSR count). The Balaban J connectivity index is 1.57. The van der Waals surface area contributed by atoms with Crippen LogP contribution in [0.4, 0.5) is 5.69 Å². The van der Waals surface area contributed by atoms with Crippen molar-refractivity contribution in [3.63, 3.8) is 0 Å². The van der Waals surface area contributed by atoms with E-state index in [1.807, 2.05) is 30.3 Å². The lowest BCUT2D eigenvalue weighted by Crippen LogP contribution is -1.90. The summed E-state index contributed by atoms with van der Waals surface area (Å²) in [6, 6.07) is 18.7. The molecule has 0 amide bonds. The van der Waals surface area contributed by atoms with Crippen molar-refractivity contribution < 1.29 is 9.52 Å². The van der Waals surface area contributed by atoms with Gasteiger partial charge in [0.05, 0.1) is 5.69 Å². The highest BCUT2D eigenvalue weighted by atomic mass is 35.5. The van der Waals surface area contributed by atoms with Gasteiger partial charge in [-0.05, 0) is 72.5 Å². The minimum absolute atomic E-state index is 0.137. The summed E-state index contributed by atoms with van der Waals surface area (Å²) in [5.41, 5.74) is 5.13. The summed E-state index contributed by atoms with van der Waals surface area (Å²) in [5, 5.41) is 10.4. The molecule has 29 heavy (non-hydrogen) atoms. The molecule has 1 heterocycles. The fourth-order valence-electron chi connectivity index (χ4n) is 3.07. The number of phenols is 1. The van der Waals surface area contributed by atoms with Gasteiger partial charge >= 0.3 is 0 Å². The second-order valence-corrected chi connectivity index (χ2v) is 7.50. The van der Waals surface area contributed by atoms with Crippen LogP contribution in [-0.4, -0.2) is 16.3 Å². The van der Waals surface area contributed by atoms with Gasteiger partial charge in [-0.1, -0.05) is 31.5 Å². The van der Waals surface area contributed by atoms with Crippen LogP contribution in [0.25, 0.3) is 22.6 Å². The van der Waals surface area contributed by atoms with Crippen molar-refractivity contribution in [3.05, 3.63) is 76.8 Å². The molecule has 0 saturated carbocycles. The Morgan fingerprint density at radius 1 is 1.10 bits per heavy atom. The van der Waals surface area contributed by atoms with Crippen LogP contribution in [0.15, 0.2) is 70.1 Å². The van der Waals surface area contributed by atoms with Crippen LogP contribution < -0.4 is 0 Å². The van der Waals surface area contributed by atoms with Crippen LogP contribution in [0, 0.1) is 0 Å². The molecule has 0 aliphatic heterocycles. The van der Waals surface area contributed by atoms with Crippen molar-refractivity contribution in [1.29, 1.82) is 0 Å². The molecule has 0 saturated heterocycles. The molecular formula is C24H21ClN2O2. The zero-order valence-electron chi connectivity index (χ0n) is 16.3. The van der Waals surface area contributed by atoms with E-state index in [-0.39, 0.29) is 5.75 Å². The third kappa shape index (κ3) is 4.17. The summed E-state index contributed by atoms with van der Waals surface area (Å²) in [6.07, 6.45) is 2.68. The lowest BCUT2D eigenvalue weighted by atomic mass is 9.98. The van der Waals surface area contributed by atoms with E-state index in [9.17, 15) is 5.11 Å². The molecule has 3 aromatic carbocycles. The third-order valence-electron chi connectivity index (χ3n) is 5.05. The maximum atomic E-state index is 9.87. The number of aromatic nitrogens is 1. The number of benzene rings is 3. The minimum Gasteiger partial charge on any atom is -0.507 e. The molecule has 0 aliphatic rings. The van der Waals surface area contributed by atoms with Crippen LogP contribution in [-0.2, 0) is 0 Å². The summed E-state index contributed by atoms with van der Waals surface area (Å²) >= 11 is 5.97. The molecule has 1 atom stereocenters. The first-order chi connectivity index (χ1) is 14.0. The number of nitrogens with zero attached hydrogens (tertiary/aromatic N) is 2. The van der Waals surface area contributed by atoms with Crippen molar-refractivity contribution >= 4 is 34.6 Å². The van der Waals surface area contributed by atoms with E-state index in [4.69, 9.17) is 16.0 Å². The van der Waals surface area contributed by atoms with E-state index in [0.29, 0.717) is 22.4 Å². The first-order valence-electron chi connectivity index (χ1n) is 9.57. The van der Waals surface area contributed by atoms with E-state index in [0.717, 1.165) is 28.8 Å². The van der Waals surface area contributed by atoms with Crippen molar-refractivity contribution in [2.45, 2.75) is 26.2 Å². The third-order valence-corrected chi connectivity index (χ3v) is 5.28. The largest absolute Gasteiger partial charge is 0.507 e. The monoisotopic (exact) mass is 404 g/mol. The van der Waals surface area contributed by atoms with Gasteiger partial charge in [-0.15, -0.1) is 0 Å². The molecule has 1 aromatic heterocycles. The van der Waals surface area contributed by atoms with E-state index >= 15 is 0 Å². The zero-order valence-corrected chi connectivity index (χ0v) is 17.0. The predicted molar refractivity (Wildman–Crippen MR) is 119 cm³/mol. The molecule has 5 heteroatoms. The molecule has 0 unspecified atom stereocenters. The Morgan fingerprint density at radius 3 is 2.66 bits per heavy atom. The standard InChI is InChI=1S/C24H21ClN2O2/c1-3-15(2)17-6-11-23-21(13-17)27-24(29-23)16-4-8-20(9-5-16)26-14-18-12-19(25)7-10-22(18)28/h4-15,28H,3H2,1-2H3/t15-/m0/s1. The molecular weight excluding hydrogens is 384 g/mol. The number of aromatic hydroxyl groups is 1. The molecule has 0 spiro atoms. The van der Waals surface area contributed by atoms with Crippen LogP contribution >= 0.6 is 11.6 Å². The number of oxazole rings is 1. The minimum atomic E-state index is 0.137. The summed E-state index contributed by atoms with van der Waals surface area (Å²) in [7, 11) is 0. The average molecular weight is 405 g/mol. The molecule has 4 aromatic rings. The van der Waals surface area contributed by atoms with Gasteiger partial charge in [0.1, 0.15) is 11.3 Å². The van der Waals surface area contributed by atoms with Crippen molar-refractivity contribution in [2.75, 3.05) is 0 Å². The number of rotatable bonds is 5. The number of phenolic OH excluding ortho intramolecular Hbond substituents is 1. The maximum Gasteiger partial charge on any atom is 0.227 e. The Bertz CT molecular complexity index is 1180. The number of halogens is 1. The zero-order chi connectivity index (χ0) is 20.4. The van der Waals surface area contributed by atoms with E-state index < -0.39 is 0 Å². The van der Waals surface area contributed by atoms with Gasteiger partial charge in [0.15, 0.2) is 5.58 Å². The van der Waals surface area contributed by atoms with E-state index in [1.54, 1.807) is 24.4 Å². The van der Waals surface area contributed by atoms with Gasteiger partial charge in [0.2, 0.25) is 5.89 Å².